The van der Waals surface area contributed by atoms with Crippen LogP contribution in [0.2, 0.25) is 0 Å². The molecule has 0 unspecified atom stereocenters. The molecule has 0 saturated heterocycles. The van der Waals surface area contributed by atoms with Gasteiger partial charge in [-0.3, -0.25) is 4.79 Å². The van der Waals surface area contributed by atoms with Crippen LogP contribution in [-0.4, -0.2) is 17.0 Å². The van der Waals surface area contributed by atoms with Crippen molar-refractivity contribution < 1.29 is 14.7 Å². The summed E-state index contributed by atoms with van der Waals surface area (Å²) in [5.74, 6) is -1.67. The largest absolute Gasteiger partial charge is 0.478 e. The van der Waals surface area contributed by atoms with Crippen molar-refractivity contribution in [3.63, 3.8) is 0 Å². The van der Waals surface area contributed by atoms with E-state index >= 15 is 0 Å². The number of nitrogens with two attached hydrogens (primary N) is 1. The lowest BCUT2D eigenvalue weighted by atomic mass is 9.89. The van der Waals surface area contributed by atoms with Crippen LogP contribution >= 0.6 is 0 Å². The average molecular weight is 670 g/mol. The van der Waals surface area contributed by atoms with Crippen LogP contribution in [0.5, 0.6) is 0 Å². The van der Waals surface area contributed by atoms with Gasteiger partial charge in [0.15, 0.2) is 0 Å². The van der Waals surface area contributed by atoms with Crippen LogP contribution in [0, 0.1) is 0 Å². The maximum Gasteiger partial charge on any atom is 0.336 e. The number of rotatable bonds is 36. The number of hydrogen-bond donors (Lipinski definition) is 2. The van der Waals surface area contributed by atoms with Crippen LogP contribution in [0.1, 0.15) is 251 Å². The first kappa shape index (κ1) is 44.2. The van der Waals surface area contributed by atoms with Crippen LogP contribution in [0.15, 0.2) is 12.1 Å². The zero-order valence-corrected chi connectivity index (χ0v) is 32.0. The number of aromatic carboxylic acids is 1. The fourth-order valence-corrected chi connectivity index (χ4v) is 7.37. The van der Waals surface area contributed by atoms with Gasteiger partial charge in [0.25, 0.3) is 0 Å². The molecule has 1 rings (SSSR count). The fraction of sp³-hybridized carbons (Fsp3) is 0.818. The molecule has 4 nitrogen and oxygen atoms in total. The molecule has 3 N–H and O–H groups in total. The molecule has 0 aliphatic rings. The lowest BCUT2D eigenvalue weighted by molar-refractivity contribution is 0.0690. The Morgan fingerprint density at radius 2 is 0.750 bits per heavy atom. The van der Waals surface area contributed by atoms with Crippen molar-refractivity contribution in [1.82, 2.24) is 0 Å². The molecule has 0 atom stereocenters. The molecule has 48 heavy (non-hydrogen) atoms. The minimum Gasteiger partial charge on any atom is -0.478 e. The molecular weight excluding hydrogens is 590 g/mol. The molecular formula is C44H79NO3. The van der Waals surface area contributed by atoms with Crippen molar-refractivity contribution in [2.45, 2.75) is 232 Å². The zero-order chi connectivity index (χ0) is 34.9. The predicted octanol–water partition coefficient (Wildman–Crippen LogP) is 14.1. The molecule has 0 aromatic heterocycles. The summed E-state index contributed by atoms with van der Waals surface area (Å²) in [7, 11) is 0. The number of aryl methyl sites for hydroxylation is 1. The summed E-state index contributed by atoms with van der Waals surface area (Å²) in [5.41, 5.74) is 7.86. The van der Waals surface area contributed by atoms with Gasteiger partial charge in [0.05, 0.1) is 11.1 Å². The van der Waals surface area contributed by atoms with Gasteiger partial charge in [-0.15, -0.1) is 0 Å². The third-order valence-electron chi connectivity index (χ3n) is 10.5. The third kappa shape index (κ3) is 23.5. The average Bonchev–Trinajstić information content (AvgIpc) is 3.07. The van der Waals surface area contributed by atoms with Crippen molar-refractivity contribution in [3.05, 3.63) is 34.4 Å². The van der Waals surface area contributed by atoms with Gasteiger partial charge < -0.3 is 10.8 Å². The molecule has 0 spiro atoms. The SMILES string of the molecule is CCCCCCCCCCCCCCCCCCc1ccc(C(N)=O)c(C(=O)O)c1CCCCCCCCCCCCCCCCCC. The summed E-state index contributed by atoms with van der Waals surface area (Å²) in [6.45, 7) is 4.56. The number of carbonyl (C=O) groups is 2. The summed E-state index contributed by atoms with van der Waals surface area (Å²) in [6, 6.07) is 3.62. The number of unbranched alkanes of at least 4 members (excludes halogenated alkanes) is 30. The normalized spacial score (nSPS) is 11.4. The Hall–Kier alpha value is -1.84. The van der Waals surface area contributed by atoms with Crippen LogP contribution < -0.4 is 5.73 Å². The summed E-state index contributed by atoms with van der Waals surface area (Å²) in [6.07, 6.45) is 44.2. The maximum absolute atomic E-state index is 12.3. The van der Waals surface area contributed by atoms with Gasteiger partial charge in [0, 0.05) is 0 Å². The van der Waals surface area contributed by atoms with E-state index in [-0.39, 0.29) is 11.1 Å². The molecule has 0 aliphatic heterocycles. The Kier molecular flexibility index (Phi) is 29.8. The maximum atomic E-state index is 12.3. The van der Waals surface area contributed by atoms with E-state index in [0.29, 0.717) is 0 Å². The Bertz CT molecular complexity index is 911. The highest BCUT2D eigenvalue weighted by atomic mass is 16.4. The smallest absolute Gasteiger partial charge is 0.336 e. The lowest BCUT2D eigenvalue weighted by Gasteiger charge is -2.16. The molecule has 4 heteroatoms. The Labute approximate surface area is 298 Å². The van der Waals surface area contributed by atoms with E-state index in [2.05, 4.69) is 13.8 Å². The minimum atomic E-state index is -1.02. The van der Waals surface area contributed by atoms with E-state index in [1.807, 2.05) is 6.07 Å². The van der Waals surface area contributed by atoms with E-state index in [4.69, 9.17) is 5.73 Å². The van der Waals surface area contributed by atoms with Crippen LogP contribution in [-0.2, 0) is 12.8 Å². The van der Waals surface area contributed by atoms with Crippen LogP contribution in [0.3, 0.4) is 0 Å². The van der Waals surface area contributed by atoms with Gasteiger partial charge in [0.2, 0.25) is 5.91 Å². The van der Waals surface area contributed by atoms with E-state index < -0.39 is 11.9 Å². The fourth-order valence-electron chi connectivity index (χ4n) is 7.37. The number of primary amides is 1. The Morgan fingerprint density at radius 3 is 1.04 bits per heavy atom. The first-order valence-corrected chi connectivity index (χ1v) is 21.2. The Morgan fingerprint density at radius 1 is 0.458 bits per heavy atom. The molecule has 0 saturated carbocycles. The first-order valence-electron chi connectivity index (χ1n) is 21.2. The van der Waals surface area contributed by atoms with Crippen molar-refractivity contribution in [1.29, 1.82) is 0 Å². The van der Waals surface area contributed by atoms with E-state index in [1.54, 1.807) is 6.07 Å². The number of hydrogen-bond acceptors (Lipinski definition) is 2. The molecule has 1 aromatic carbocycles. The van der Waals surface area contributed by atoms with E-state index in [1.165, 1.54) is 186 Å². The Balaban J connectivity index is 2.26. The standard InChI is InChI=1S/C44H79NO3/c1-3-5-7-9-11-13-15-17-19-21-23-25-27-29-31-33-35-39-37-38-41(43(45)46)42(44(47)48)40(39)36-34-32-30-28-26-24-22-20-18-16-14-12-10-8-6-4-2/h37-38H,3-36H2,1-2H3,(H2,45,46)(H,47,48). The van der Waals surface area contributed by atoms with Gasteiger partial charge in [-0.2, -0.15) is 0 Å². The molecule has 1 aromatic rings. The number of carboxylic acids is 1. The molecule has 0 bridgehead atoms. The minimum absolute atomic E-state index is 0.150. The summed E-state index contributed by atoms with van der Waals surface area (Å²) >= 11 is 0. The van der Waals surface area contributed by atoms with Crippen molar-refractivity contribution >= 4 is 11.9 Å². The molecule has 278 valence electrons. The van der Waals surface area contributed by atoms with Crippen LogP contribution in [0.4, 0.5) is 0 Å². The molecule has 0 radical (unpaired) electrons. The van der Waals surface area contributed by atoms with E-state index in [9.17, 15) is 14.7 Å². The van der Waals surface area contributed by atoms with Crippen molar-refractivity contribution in [3.8, 4) is 0 Å². The van der Waals surface area contributed by atoms with Gasteiger partial charge in [0.1, 0.15) is 0 Å². The van der Waals surface area contributed by atoms with Crippen LogP contribution in [0.25, 0.3) is 0 Å². The summed E-state index contributed by atoms with van der Waals surface area (Å²) in [5, 5.41) is 10.1. The highest BCUT2D eigenvalue weighted by Gasteiger charge is 2.21. The summed E-state index contributed by atoms with van der Waals surface area (Å²) in [4.78, 5) is 24.4. The molecule has 0 fully saturated rings. The van der Waals surface area contributed by atoms with Gasteiger partial charge in [-0.25, -0.2) is 4.79 Å². The quantitative estimate of drug-likeness (QED) is 0.0698. The number of carbonyl (C=O) groups excluding carboxylic acids is 1. The highest BCUT2D eigenvalue weighted by Crippen LogP contribution is 2.25. The highest BCUT2D eigenvalue weighted by molar-refractivity contribution is 6.05. The number of benzene rings is 1. The second kappa shape index (κ2) is 32.4. The first-order chi connectivity index (χ1) is 23.5. The third-order valence-corrected chi connectivity index (χ3v) is 10.5. The van der Waals surface area contributed by atoms with E-state index in [0.717, 1.165) is 43.2 Å². The van der Waals surface area contributed by atoms with Gasteiger partial charge in [-0.1, -0.05) is 213 Å². The topological polar surface area (TPSA) is 80.4 Å². The van der Waals surface area contributed by atoms with Crippen molar-refractivity contribution in [2.24, 2.45) is 5.73 Å². The van der Waals surface area contributed by atoms with Crippen molar-refractivity contribution in [2.75, 3.05) is 0 Å². The molecule has 0 aliphatic carbocycles. The van der Waals surface area contributed by atoms with Gasteiger partial charge >= 0.3 is 5.97 Å². The zero-order valence-electron chi connectivity index (χ0n) is 32.0. The number of carboxylic acid groups (broad SMARTS) is 1. The second-order valence-electron chi connectivity index (χ2n) is 14.9. The molecule has 1 amide bonds. The monoisotopic (exact) mass is 670 g/mol. The predicted molar refractivity (Wildman–Crippen MR) is 208 cm³/mol. The second-order valence-corrected chi connectivity index (χ2v) is 14.9. The molecule has 0 heterocycles. The van der Waals surface area contributed by atoms with Gasteiger partial charge in [-0.05, 0) is 42.9 Å². The summed E-state index contributed by atoms with van der Waals surface area (Å²) < 4.78 is 0. The lowest BCUT2D eigenvalue weighted by Crippen LogP contribution is -2.19. The number of amides is 1.